The molecule has 0 aromatic carbocycles. The van der Waals surface area contributed by atoms with Gasteiger partial charge in [0.2, 0.25) is 0 Å². The summed E-state index contributed by atoms with van der Waals surface area (Å²) in [4.78, 5) is 28.2. The van der Waals surface area contributed by atoms with E-state index >= 15 is 0 Å². The topological polar surface area (TPSA) is 97.2 Å². The normalized spacial score (nSPS) is 19.5. The van der Waals surface area contributed by atoms with E-state index in [2.05, 4.69) is 24.0 Å². The number of carbonyl (C=O) groups is 2. The molecule has 0 saturated heterocycles. The van der Waals surface area contributed by atoms with Gasteiger partial charge in [-0.3, -0.25) is 9.79 Å². The Bertz CT molecular complexity index is 605. The Labute approximate surface area is 161 Å². The summed E-state index contributed by atoms with van der Waals surface area (Å²) in [7, 11) is 1.36. The number of hydrogen-bond donors (Lipinski definition) is 2. The Morgan fingerprint density at radius 2 is 1.85 bits per heavy atom. The van der Waals surface area contributed by atoms with Gasteiger partial charge in [0.25, 0.3) is 5.91 Å². The molecule has 0 unspecified atom stereocenters. The van der Waals surface area contributed by atoms with E-state index in [4.69, 9.17) is 9.47 Å². The smallest absolute Gasteiger partial charge is 0.328 e. The molecule has 0 bridgehead atoms. The second-order valence-corrected chi connectivity index (χ2v) is 6.95. The summed E-state index contributed by atoms with van der Waals surface area (Å²) in [5, 5.41) is 12.6. The van der Waals surface area contributed by atoms with Crippen molar-refractivity contribution < 1.29 is 24.2 Å². The maximum absolute atomic E-state index is 12.3. The number of aliphatic hydroxyl groups is 1. The quantitative estimate of drug-likeness (QED) is 0.210. The average Bonchev–Trinajstić information content (AvgIpc) is 3.17. The van der Waals surface area contributed by atoms with Gasteiger partial charge >= 0.3 is 5.97 Å². The Kier molecular flexibility index (Phi) is 9.05. The van der Waals surface area contributed by atoms with Crippen LogP contribution in [-0.2, 0) is 19.1 Å². The van der Waals surface area contributed by atoms with Gasteiger partial charge in [0.05, 0.1) is 7.11 Å². The molecule has 1 aliphatic rings. The van der Waals surface area contributed by atoms with E-state index in [0.717, 1.165) is 0 Å². The number of ether oxygens (including phenoxy) is 2. The number of aliphatic hydroxyl groups excluding tert-OH is 1. The third kappa shape index (κ3) is 6.12. The van der Waals surface area contributed by atoms with Crippen LogP contribution in [-0.4, -0.2) is 43.0 Å². The molecule has 0 aromatic rings. The van der Waals surface area contributed by atoms with Crippen LogP contribution in [0, 0.1) is 11.8 Å². The third-order valence-electron chi connectivity index (χ3n) is 5.20. The molecule has 27 heavy (non-hydrogen) atoms. The molecule has 1 rings (SSSR count). The molecule has 7 nitrogen and oxygen atoms in total. The second kappa shape index (κ2) is 10.7. The molecule has 2 N–H and O–H groups in total. The summed E-state index contributed by atoms with van der Waals surface area (Å²) < 4.78 is 10.5. The summed E-state index contributed by atoms with van der Waals surface area (Å²) in [5.74, 6) is -0.783. The standard InChI is InChI=1S/C20H32N2O5/c1-7-16(26-6)18(23)17(21-5)19(24)22-13(3)20(25)27-14(4)12(2)15-10-8-9-11-15/h7,12-15,23H,5,8-11H2,1-4,6H3,(H,22,24)/b16-7+,18-17+/t12-,13+,14+/m1/s1. The molecule has 0 heterocycles. The van der Waals surface area contributed by atoms with Gasteiger partial charge in [-0.15, -0.1) is 0 Å². The van der Waals surface area contributed by atoms with E-state index < -0.39 is 23.7 Å². The van der Waals surface area contributed by atoms with Gasteiger partial charge in [0, 0.05) is 0 Å². The lowest BCUT2D eigenvalue weighted by atomic mass is 9.88. The van der Waals surface area contributed by atoms with Crippen LogP contribution in [0.3, 0.4) is 0 Å². The number of nitrogens with one attached hydrogen (secondary N) is 1. The molecule has 0 radical (unpaired) electrons. The molecule has 3 atom stereocenters. The van der Waals surface area contributed by atoms with Crippen LogP contribution < -0.4 is 5.32 Å². The number of nitrogens with zero attached hydrogens (tertiary/aromatic N) is 1. The zero-order valence-electron chi connectivity index (χ0n) is 16.9. The Balaban J connectivity index is 2.71. The third-order valence-corrected chi connectivity index (χ3v) is 5.20. The van der Waals surface area contributed by atoms with Gasteiger partial charge in [0.1, 0.15) is 12.1 Å². The molecule has 7 heteroatoms. The molecule has 0 aromatic heterocycles. The lowest BCUT2D eigenvalue weighted by molar-refractivity contribution is -0.154. The molecule has 1 fully saturated rings. The van der Waals surface area contributed by atoms with E-state index in [0.29, 0.717) is 5.92 Å². The molecule has 1 amide bonds. The van der Waals surface area contributed by atoms with Crippen molar-refractivity contribution in [2.45, 2.75) is 65.5 Å². The van der Waals surface area contributed by atoms with E-state index in [1.165, 1.54) is 45.8 Å². The number of amides is 1. The van der Waals surface area contributed by atoms with Gasteiger partial charge in [-0.25, -0.2) is 4.79 Å². The number of methoxy groups -OCH3 is 1. The van der Waals surface area contributed by atoms with Crippen molar-refractivity contribution in [2.75, 3.05) is 7.11 Å². The Hall–Kier alpha value is -2.31. The molecule has 1 saturated carbocycles. The number of carbonyl (C=O) groups excluding carboxylic acids is 2. The zero-order valence-corrected chi connectivity index (χ0v) is 16.9. The highest BCUT2D eigenvalue weighted by molar-refractivity contribution is 5.97. The second-order valence-electron chi connectivity index (χ2n) is 6.95. The fourth-order valence-electron chi connectivity index (χ4n) is 3.31. The zero-order chi connectivity index (χ0) is 20.6. The van der Waals surface area contributed by atoms with Gasteiger partial charge in [-0.05, 0) is 45.4 Å². The first-order chi connectivity index (χ1) is 12.8. The van der Waals surface area contributed by atoms with E-state index in [1.807, 2.05) is 6.92 Å². The van der Waals surface area contributed by atoms with E-state index in [9.17, 15) is 14.7 Å². The van der Waals surface area contributed by atoms with Crippen molar-refractivity contribution in [1.82, 2.24) is 5.32 Å². The predicted molar refractivity (Wildman–Crippen MR) is 104 cm³/mol. The first kappa shape index (κ1) is 22.7. The summed E-state index contributed by atoms with van der Waals surface area (Å²) in [6.45, 7) is 10.4. The summed E-state index contributed by atoms with van der Waals surface area (Å²) in [6.07, 6.45) is 6.04. The van der Waals surface area contributed by atoms with E-state index in [-0.39, 0.29) is 23.5 Å². The van der Waals surface area contributed by atoms with Crippen molar-refractivity contribution in [1.29, 1.82) is 0 Å². The largest absolute Gasteiger partial charge is 0.503 e. The fraction of sp³-hybridized carbons (Fsp3) is 0.650. The minimum atomic E-state index is -0.892. The number of rotatable bonds is 9. The highest BCUT2D eigenvalue weighted by Gasteiger charge is 2.30. The van der Waals surface area contributed by atoms with Crippen LogP contribution in [0.1, 0.15) is 53.4 Å². The van der Waals surface area contributed by atoms with Crippen molar-refractivity contribution in [3.05, 3.63) is 23.3 Å². The summed E-state index contributed by atoms with van der Waals surface area (Å²) in [6, 6.07) is -0.892. The maximum atomic E-state index is 12.3. The van der Waals surface area contributed by atoms with Crippen LogP contribution >= 0.6 is 0 Å². The molecule has 0 spiro atoms. The van der Waals surface area contributed by atoms with Crippen molar-refractivity contribution >= 4 is 18.6 Å². The number of allylic oxidation sites excluding steroid dienone is 1. The van der Waals surface area contributed by atoms with Crippen LogP contribution in [0.5, 0.6) is 0 Å². The van der Waals surface area contributed by atoms with Crippen LogP contribution in [0.2, 0.25) is 0 Å². The highest BCUT2D eigenvalue weighted by Crippen LogP contribution is 2.33. The van der Waals surface area contributed by atoms with Crippen molar-refractivity contribution in [2.24, 2.45) is 16.8 Å². The van der Waals surface area contributed by atoms with Gasteiger partial charge < -0.3 is 19.9 Å². The Morgan fingerprint density at radius 1 is 1.26 bits per heavy atom. The lowest BCUT2D eigenvalue weighted by Gasteiger charge is -2.26. The summed E-state index contributed by atoms with van der Waals surface area (Å²) in [5.41, 5.74) is -0.322. The number of hydrogen-bond acceptors (Lipinski definition) is 6. The average molecular weight is 380 g/mol. The van der Waals surface area contributed by atoms with Gasteiger partial charge in [-0.1, -0.05) is 32.6 Å². The van der Waals surface area contributed by atoms with Crippen LogP contribution in [0.25, 0.3) is 0 Å². The summed E-state index contributed by atoms with van der Waals surface area (Å²) >= 11 is 0. The minimum Gasteiger partial charge on any atom is -0.503 e. The van der Waals surface area contributed by atoms with Crippen molar-refractivity contribution in [3.63, 3.8) is 0 Å². The number of aliphatic imine (C=N–C) groups is 1. The van der Waals surface area contributed by atoms with Gasteiger partial charge in [-0.2, -0.15) is 0 Å². The fourth-order valence-corrected chi connectivity index (χ4v) is 3.31. The maximum Gasteiger partial charge on any atom is 0.328 e. The molecule has 0 aliphatic heterocycles. The van der Waals surface area contributed by atoms with Crippen LogP contribution in [0.4, 0.5) is 0 Å². The minimum absolute atomic E-state index is 0.0850. The first-order valence-electron chi connectivity index (χ1n) is 9.38. The van der Waals surface area contributed by atoms with Crippen molar-refractivity contribution in [3.8, 4) is 0 Å². The predicted octanol–water partition coefficient (Wildman–Crippen LogP) is 3.27. The van der Waals surface area contributed by atoms with Gasteiger partial charge in [0.15, 0.2) is 17.2 Å². The first-order valence-corrected chi connectivity index (χ1v) is 9.38. The SMILES string of the molecule is C=N/C(C(=O)N[C@@H](C)C(=O)O[C@@H](C)[C@@H](C)C1CCCC1)=C(O)\C(=C/C)OC. The number of esters is 1. The van der Waals surface area contributed by atoms with Crippen LogP contribution in [0.15, 0.2) is 28.3 Å². The Morgan fingerprint density at radius 3 is 2.33 bits per heavy atom. The molecule has 1 aliphatic carbocycles. The molecular weight excluding hydrogens is 348 g/mol. The molecule has 152 valence electrons. The lowest BCUT2D eigenvalue weighted by Crippen LogP contribution is -2.42. The van der Waals surface area contributed by atoms with E-state index in [1.54, 1.807) is 6.92 Å². The monoisotopic (exact) mass is 380 g/mol. The molecular formula is C20H32N2O5. The highest BCUT2D eigenvalue weighted by atomic mass is 16.5.